The topological polar surface area (TPSA) is 80.3 Å². The highest BCUT2D eigenvalue weighted by Gasteiger charge is 2.23. The van der Waals surface area contributed by atoms with Crippen LogP contribution in [0.3, 0.4) is 0 Å². The quantitative estimate of drug-likeness (QED) is 0.501. The monoisotopic (exact) mass is 487 g/mol. The summed E-state index contributed by atoms with van der Waals surface area (Å²) >= 11 is 0. The van der Waals surface area contributed by atoms with Crippen molar-refractivity contribution in [1.29, 1.82) is 0 Å². The Bertz CT molecular complexity index is 1240. The van der Waals surface area contributed by atoms with Gasteiger partial charge in [0.25, 0.3) is 5.91 Å². The lowest BCUT2D eigenvalue weighted by Gasteiger charge is -2.37. The van der Waals surface area contributed by atoms with Gasteiger partial charge in [0.15, 0.2) is 11.5 Å². The van der Waals surface area contributed by atoms with E-state index in [4.69, 9.17) is 14.2 Å². The van der Waals surface area contributed by atoms with Crippen LogP contribution in [0.4, 0.5) is 11.4 Å². The molecule has 1 fully saturated rings. The van der Waals surface area contributed by atoms with Gasteiger partial charge in [-0.2, -0.15) is 0 Å². The van der Waals surface area contributed by atoms with Crippen molar-refractivity contribution in [2.24, 2.45) is 0 Å². The van der Waals surface area contributed by atoms with Crippen LogP contribution >= 0.6 is 0 Å². The summed E-state index contributed by atoms with van der Waals surface area (Å²) < 4.78 is 15.9. The maximum Gasteiger partial charge on any atom is 0.338 e. The van der Waals surface area contributed by atoms with Crippen LogP contribution in [0.1, 0.15) is 33.2 Å². The van der Waals surface area contributed by atoms with Gasteiger partial charge in [-0.25, -0.2) is 4.79 Å². The van der Waals surface area contributed by atoms with Crippen molar-refractivity contribution < 1.29 is 23.8 Å². The third kappa shape index (κ3) is 5.28. The fraction of sp³-hybridized carbons (Fsp3) is 0.286. The van der Waals surface area contributed by atoms with Crippen LogP contribution in [0.25, 0.3) is 0 Å². The molecular formula is C28H29N3O5. The molecule has 3 aromatic carbocycles. The van der Waals surface area contributed by atoms with E-state index >= 15 is 0 Å². The van der Waals surface area contributed by atoms with Gasteiger partial charge in [0.1, 0.15) is 0 Å². The Kier molecular flexibility index (Phi) is 7.04. The number of hydrogen-bond acceptors (Lipinski definition) is 7. The molecule has 2 aliphatic heterocycles. The van der Waals surface area contributed by atoms with Gasteiger partial charge in [-0.05, 0) is 48.9 Å². The zero-order valence-electron chi connectivity index (χ0n) is 20.2. The summed E-state index contributed by atoms with van der Waals surface area (Å²) in [5.41, 5.74) is 3.57. The summed E-state index contributed by atoms with van der Waals surface area (Å²) in [7, 11) is 0. The van der Waals surface area contributed by atoms with Gasteiger partial charge in [0.2, 0.25) is 6.79 Å². The normalized spacial score (nSPS) is 15.0. The second kappa shape index (κ2) is 10.7. The van der Waals surface area contributed by atoms with Gasteiger partial charge in [-0.1, -0.05) is 30.3 Å². The Hall–Kier alpha value is -4.04. The first-order valence-electron chi connectivity index (χ1n) is 12.1. The van der Waals surface area contributed by atoms with Crippen molar-refractivity contribution in [3.05, 3.63) is 83.4 Å². The van der Waals surface area contributed by atoms with E-state index in [1.165, 1.54) is 5.56 Å². The van der Waals surface area contributed by atoms with Crippen molar-refractivity contribution in [2.75, 3.05) is 49.8 Å². The van der Waals surface area contributed by atoms with E-state index in [-0.39, 0.29) is 19.3 Å². The van der Waals surface area contributed by atoms with E-state index in [1.54, 1.807) is 37.3 Å². The molecule has 0 aromatic heterocycles. The first-order chi connectivity index (χ1) is 17.6. The Morgan fingerprint density at radius 3 is 2.42 bits per heavy atom. The number of anilines is 2. The average Bonchev–Trinajstić information content (AvgIpc) is 3.38. The third-order valence-electron chi connectivity index (χ3n) is 6.35. The summed E-state index contributed by atoms with van der Waals surface area (Å²) in [6.45, 7) is 6.49. The van der Waals surface area contributed by atoms with Crippen LogP contribution in [-0.4, -0.2) is 56.4 Å². The maximum atomic E-state index is 13.2. The van der Waals surface area contributed by atoms with Crippen LogP contribution in [-0.2, 0) is 11.3 Å². The molecule has 36 heavy (non-hydrogen) atoms. The second-order valence-corrected chi connectivity index (χ2v) is 8.72. The van der Waals surface area contributed by atoms with Gasteiger partial charge in [-0.3, -0.25) is 9.69 Å². The molecule has 1 saturated heterocycles. The molecule has 1 N–H and O–H groups in total. The number of carbonyl (C=O) groups is 2. The standard InChI is InChI=1S/C28H29N3O5/c1-2-34-28(33)22-8-10-24(31-14-12-30(13-15-31)18-20-6-4-3-5-7-20)23(16-22)29-27(32)21-9-11-25-26(17-21)36-19-35-25/h3-11,16-17H,2,12-15,18-19H2,1H3,(H,29,32). The van der Waals surface area contributed by atoms with Crippen molar-refractivity contribution in [1.82, 2.24) is 4.90 Å². The number of ether oxygens (including phenoxy) is 3. The molecule has 1 amide bonds. The lowest BCUT2D eigenvalue weighted by atomic mass is 10.1. The van der Waals surface area contributed by atoms with E-state index < -0.39 is 5.97 Å². The molecule has 2 aliphatic rings. The van der Waals surface area contributed by atoms with Gasteiger partial charge in [0.05, 0.1) is 23.5 Å². The number of benzene rings is 3. The van der Waals surface area contributed by atoms with Gasteiger partial charge >= 0.3 is 5.97 Å². The molecule has 186 valence electrons. The lowest BCUT2D eigenvalue weighted by molar-refractivity contribution is 0.0526. The molecule has 0 spiro atoms. The van der Waals surface area contributed by atoms with Crippen LogP contribution in [0, 0.1) is 0 Å². The highest BCUT2D eigenvalue weighted by Crippen LogP contribution is 2.34. The van der Waals surface area contributed by atoms with Crippen LogP contribution in [0.15, 0.2) is 66.7 Å². The number of fused-ring (bicyclic) bond motifs is 1. The summed E-state index contributed by atoms with van der Waals surface area (Å²) in [6.07, 6.45) is 0. The van der Waals surface area contributed by atoms with Crippen molar-refractivity contribution >= 4 is 23.3 Å². The molecule has 0 aliphatic carbocycles. The zero-order valence-corrected chi connectivity index (χ0v) is 20.2. The largest absolute Gasteiger partial charge is 0.462 e. The van der Waals surface area contributed by atoms with Crippen LogP contribution < -0.4 is 19.7 Å². The Balaban J connectivity index is 1.34. The zero-order chi connectivity index (χ0) is 24.9. The molecule has 0 bridgehead atoms. The molecule has 0 unspecified atom stereocenters. The number of esters is 1. The van der Waals surface area contributed by atoms with Gasteiger partial charge in [-0.15, -0.1) is 0 Å². The van der Waals surface area contributed by atoms with E-state index in [0.717, 1.165) is 38.4 Å². The van der Waals surface area contributed by atoms with E-state index in [0.29, 0.717) is 28.3 Å². The molecule has 8 nitrogen and oxygen atoms in total. The van der Waals surface area contributed by atoms with Crippen LogP contribution in [0.2, 0.25) is 0 Å². The number of nitrogens with zero attached hydrogens (tertiary/aromatic N) is 2. The van der Waals surface area contributed by atoms with Gasteiger partial charge in [0, 0.05) is 38.3 Å². The molecule has 8 heteroatoms. The minimum Gasteiger partial charge on any atom is -0.462 e. The Morgan fingerprint density at radius 2 is 1.64 bits per heavy atom. The fourth-order valence-electron chi connectivity index (χ4n) is 4.47. The molecule has 2 heterocycles. The summed E-state index contributed by atoms with van der Waals surface area (Å²) in [6, 6.07) is 20.8. The van der Waals surface area contributed by atoms with Crippen molar-refractivity contribution in [3.8, 4) is 11.5 Å². The minimum atomic E-state index is -0.421. The number of rotatable bonds is 7. The fourth-order valence-corrected chi connectivity index (χ4v) is 4.47. The predicted octanol–water partition coefficient (Wildman–Crippen LogP) is 4.17. The molecule has 0 saturated carbocycles. The summed E-state index contributed by atoms with van der Waals surface area (Å²) in [5, 5.41) is 3.01. The molecular weight excluding hydrogens is 458 g/mol. The first kappa shape index (κ1) is 23.7. The van der Waals surface area contributed by atoms with Crippen molar-refractivity contribution in [3.63, 3.8) is 0 Å². The second-order valence-electron chi connectivity index (χ2n) is 8.72. The molecule has 0 atom stereocenters. The van der Waals surface area contributed by atoms with E-state index in [1.807, 2.05) is 12.1 Å². The SMILES string of the molecule is CCOC(=O)c1ccc(N2CCN(Cc3ccccc3)CC2)c(NC(=O)c2ccc3c(c2)OCO3)c1. The molecule has 3 aromatic rings. The average molecular weight is 488 g/mol. The summed E-state index contributed by atoms with van der Waals surface area (Å²) in [4.78, 5) is 30.2. The van der Waals surface area contributed by atoms with E-state index in [2.05, 4.69) is 39.4 Å². The van der Waals surface area contributed by atoms with Gasteiger partial charge < -0.3 is 24.4 Å². The maximum absolute atomic E-state index is 13.2. The number of nitrogens with one attached hydrogen (secondary N) is 1. The Morgan fingerprint density at radius 1 is 0.889 bits per heavy atom. The third-order valence-corrected chi connectivity index (χ3v) is 6.35. The van der Waals surface area contributed by atoms with Crippen LogP contribution in [0.5, 0.6) is 11.5 Å². The molecule has 5 rings (SSSR count). The number of amides is 1. The smallest absolute Gasteiger partial charge is 0.338 e. The first-order valence-corrected chi connectivity index (χ1v) is 12.1. The number of carbonyl (C=O) groups excluding carboxylic acids is 2. The number of hydrogen-bond donors (Lipinski definition) is 1. The lowest BCUT2D eigenvalue weighted by Crippen LogP contribution is -2.46. The highest BCUT2D eigenvalue weighted by atomic mass is 16.7. The summed E-state index contributed by atoms with van der Waals surface area (Å²) in [5.74, 6) is 0.441. The molecule has 0 radical (unpaired) electrons. The van der Waals surface area contributed by atoms with Crippen molar-refractivity contribution in [2.45, 2.75) is 13.5 Å². The predicted molar refractivity (Wildman–Crippen MR) is 137 cm³/mol. The highest BCUT2D eigenvalue weighted by molar-refractivity contribution is 6.07. The minimum absolute atomic E-state index is 0.141. The Labute approximate surface area is 210 Å². The van der Waals surface area contributed by atoms with E-state index in [9.17, 15) is 9.59 Å². The number of piperazine rings is 1.